The highest BCUT2D eigenvalue weighted by Gasteiger charge is 1.97. The molecule has 0 radical (unpaired) electrons. The number of aryl methyl sites for hydroxylation is 1. The number of benzene rings is 1. The van der Waals surface area contributed by atoms with Gasteiger partial charge in [0.2, 0.25) is 0 Å². The standard InChI is InChI=1S/C12H20N2O/c1-10-5-6-11(13)9-12(10)14-7-3-4-8-15-2/h5-6,9,14H,3-4,7-8,13H2,1-2H3. The molecule has 0 amide bonds. The van der Waals surface area contributed by atoms with Crippen LogP contribution in [0, 0.1) is 6.92 Å². The molecule has 0 spiro atoms. The van der Waals surface area contributed by atoms with Crippen LogP contribution in [0.15, 0.2) is 18.2 Å². The lowest BCUT2D eigenvalue weighted by Crippen LogP contribution is -2.04. The maximum absolute atomic E-state index is 5.72. The fourth-order valence-corrected chi connectivity index (χ4v) is 1.42. The first-order valence-electron chi connectivity index (χ1n) is 5.33. The average Bonchev–Trinajstić information content (AvgIpc) is 2.23. The number of hydrogen-bond acceptors (Lipinski definition) is 3. The minimum atomic E-state index is 0.806. The molecule has 3 heteroatoms. The molecule has 1 rings (SSSR count). The van der Waals surface area contributed by atoms with Gasteiger partial charge in [0, 0.05) is 31.6 Å². The van der Waals surface area contributed by atoms with Crippen molar-refractivity contribution in [3.63, 3.8) is 0 Å². The van der Waals surface area contributed by atoms with Crippen molar-refractivity contribution in [3.8, 4) is 0 Å². The molecule has 0 saturated carbocycles. The zero-order chi connectivity index (χ0) is 11.1. The van der Waals surface area contributed by atoms with Crippen molar-refractivity contribution in [1.82, 2.24) is 0 Å². The Balaban J connectivity index is 2.33. The van der Waals surface area contributed by atoms with Gasteiger partial charge in [-0.1, -0.05) is 6.07 Å². The molecule has 0 aliphatic heterocycles. The smallest absolute Gasteiger partial charge is 0.0462 e. The number of nitrogen functional groups attached to an aromatic ring is 1. The Bertz CT molecular complexity index is 300. The molecule has 15 heavy (non-hydrogen) atoms. The van der Waals surface area contributed by atoms with Crippen LogP contribution in [0.4, 0.5) is 11.4 Å². The summed E-state index contributed by atoms with van der Waals surface area (Å²) in [7, 11) is 1.73. The number of ether oxygens (including phenoxy) is 1. The van der Waals surface area contributed by atoms with Crippen LogP contribution in [0.5, 0.6) is 0 Å². The van der Waals surface area contributed by atoms with E-state index in [4.69, 9.17) is 10.5 Å². The van der Waals surface area contributed by atoms with E-state index in [9.17, 15) is 0 Å². The topological polar surface area (TPSA) is 47.3 Å². The molecule has 0 aliphatic carbocycles. The number of rotatable bonds is 6. The Kier molecular flexibility index (Phi) is 4.98. The Morgan fingerprint density at radius 1 is 1.33 bits per heavy atom. The first-order valence-corrected chi connectivity index (χ1v) is 5.33. The third kappa shape index (κ3) is 4.21. The number of nitrogens with one attached hydrogen (secondary N) is 1. The van der Waals surface area contributed by atoms with E-state index in [1.54, 1.807) is 7.11 Å². The molecule has 1 aromatic carbocycles. The molecule has 84 valence electrons. The molecule has 0 fully saturated rings. The summed E-state index contributed by atoms with van der Waals surface area (Å²) >= 11 is 0. The van der Waals surface area contributed by atoms with Crippen LogP contribution in [0.1, 0.15) is 18.4 Å². The number of methoxy groups -OCH3 is 1. The largest absolute Gasteiger partial charge is 0.399 e. The molecular weight excluding hydrogens is 188 g/mol. The number of nitrogens with two attached hydrogens (primary N) is 1. The minimum Gasteiger partial charge on any atom is -0.399 e. The van der Waals surface area contributed by atoms with Crippen molar-refractivity contribution >= 4 is 11.4 Å². The van der Waals surface area contributed by atoms with E-state index in [-0.39, 0.29) is 0 Å². The molecule has 3 N–H and O–H groups in total. The maximum atomic E-state index is 5.72. The van der Waals surface area contributed by atoms with Crippen molar-refractivity contribution in [1.29, 1.82) is 0 Å². The molecular formula is C12H20N2O. The lowest BCUT2D eigenvalue weighted by atomic mass is 10.2. The van der Waals surface area contributed by atoms with Gasteiger partial charge in [-0.25, -0.2) is 0 Å². The molecule has 0 atom stereocenters. The minimum absolute atomic E-state index is 0.806. The summed E-state index contributed by atoms with van der Waals surface area (Å²) < 4.78 is 4.99. The Morgan fingerprint density at radius 3 is 2.87 bits per heavy atom. The Hall–Kier alpha value is -1.22. The van der Waals surface area contributed by atoms with Gasteiger partial charge >= 0.3 is 0 Å². The van der Waals surface area contributed by atoms with E-state index in [0.29, 0.717) is 0 Å². The van der Waals surface area contributed by atoms with Gasteiger partial charge in [-0.3, -0.25) is 0 Å². The summed E-state index contributed by atoms with van der Waals surface area (Å²) in [5, 5.41) is 3.38. The summed E-state index contributed by atoms with van der Waals surface area (Å²) in [5.41, 5.74) is 8.89. The normalized spacial score (nSPS) is 10.3. The van der Waals surface area contributed by atoms with Gasteiger partial charge in [-0.2, -0.15) is 0 Å². The van der Waals surface area contributed by atoms with Gasteiger partial charge in [-0.15, -0.1) is 0 Å². The molecule has 3 nitrogen and oxygen atoms in total. The average molecular weight is 208 g/mol. The predicted molar refractivity (Wildman–Crippen MR) is 65.2 cm³/mol. The van der Waals surface area contributed by atoms with Gasteiger partial charge in [-0.05, 0) is 37.5 Å². The van der Waals surface area contributed by atoms with E-state index in [1.165, 1.54) is 5.56 Å². The summed E-state index contributed by atoms with van der Waals surface area (Å²) in [5.74, 6) is 0. The van der Waals surface area contributed by atoms with Crippen LogP contribution in [-0.4, -0.2) is 20.3 Å². The molecule has 0 aliphatic rings. The van der Waals surface area contributed by atoms with Crippen LogP contribution < -0.4 is 11.1 Å². The van der Waals surface area contributed by atoms with Gasteiger partial charge < -0.3 is 15.8 Å². The molecule has 1 aromatic rings. The number of unbranched alkanes of at least 4 members (excludes halogenated alkanes) is 1. The van der Waals surface area contributed by atoms with Crippen molar-refractivity contribution < 1.29 is 4.74 Å². The SMILES string of the molecule is COCCCCNc1cc(N)ccc1C. The van der Waals surface area contributed by atoms with E-state index in [2.05, 4.69) is 12.2 Å². The monoisotopic (exact) mass is 208 g/mol. The van der Waals surface area contributed by atoms with Crippen LogP contribution >= 0.6 is 0 Å². The summed E-state index contributed by atoms with van der Waals surface area (Å²) in [6.07, 6.45) is 2.20. The fraction of sp³-hybridized carbons (Fsp3) is 0.500. The second kappa shape index (κ2) is 6.30. The van der Waals surface area contributed by atoms with E-state index in [0.717, 1.165) is 37.4 Å². The fourth-order valence-electron chi connectivity index (χ4n) is 1.42. The highest BCUT2D eigenvalue weighted by atomic mass is 16.5. The van der Waals surface area contributed by atoms with E-state index in [1.807, 2.05) is 18.2 Å². The van der Waals surface area contributed by atoms with Gasteiger partial charge in [0.1, 0.15) is 0 Å². The first kappa shape index (κ1) is 11.9. The second-order valence-electron chi connectivity index (χ2n) is 3.70. The highest BCUT2D eigenvalue weighted by Crippen LogP contribution is 2.17. The quantitative estimate of drug-likeness (QED) is 0.557. The summed E-state index contributed by atoms with van der Waals surface area (Å²) in [4.78, 5) is 0. The zero-order valence-corrected chi connectivity index (χ0v) is 9.55. The number of hydrogen-bond donors (Lipinski definition) is 2. The Morgan fingerprint density at radius 2 is 2.13 bits per heavy atom. The van der Waals surface area contributed by atoms with Crippen molar-refractivity contribution in [2.75, 3.05) is 31.3 Å². The zero-order valence-electron chi connectivity index (χ0n) is 9.55. The number of anilines is 2. The molecule has 0 saturated heterocycles. The molecule has 0 unspecified atom stereocenters. The van der Waals surface area contributed by atoms with Gasteiger partial charge in [0.25, 0.3) is 0 Å². The van der Waals surface area contributed by atoms with Crippen LogP contribution in [0.2, 0.25) is 0 Å². The van der Waals surface area contributed by atoms with E-state index >= 15 is 0 Å². The maximum Gasteiger partial charge on any atom is 0.0462 e. The summed E-state index contributed by atoms with van der Waals surface area (Å²) in [6, 6.07) is 5.93. The van der Waals surface area contributed by atoms with Crippen molar-refractivity contribution in [2.45, 2.75) is 19.8 Å². The van der Waals surface area contributed by atoms with Gasteiger partial charge in [0.15, 0.2) is 0 Å². The van der Waals surface area contributed by atoms with Crippen molar-refractivity contribution in [3.05, 3.63) is 23.8 Å². The predicted octanol–water partition coefficient (Wildman–Crippen LogP) is 2.42. The first-order chi connectivity index (χ1) is 7.24. The molecule has 0 heterocycles. The lowest BCUT2D eigenvalue weighted by Gasteiger charge is -2.09. The summed E-state index contributed by atoms with van der Waals surface area (Å²) in [6.45, 7) is 3.88. The van der Waals surface area contributed by atoms with E-state index < -0.39 is 0 Å². The van der Waals surface area contributed by atoms with Crippen LogP contribution in [-0.2, 0) is 4.74 Å². The van der Waals surface area contributed by atoms with Gasteiger partial charge in [0.05, 0.1) is 0 Å². The third-order valence-electron chi connectivity index (χ3n) is 2.35. The third-order valence-corrected chi connectivity index (χ3v) is 2.35. The molecule has 0 bridgehead atoms. The highest BCUT2D eigenvalue weighted by molar-refractivity contribution is 5.59. The van der Waals surface area contributed by atoms with Crippen molar-refractivity contribution in [2.24, 2.45) is 0 Å². The van der Waals surface area contributed by atoms with Crippen LogP contribution in [0.3, 0.4) is 0 Å². The lowest BCUT2D eigenvalue weighted by molar-refractivity contribution is 0.194. The Labute approximate surface area is 91.6 Å². The van der Waals surface area contributed by atoms with Crippen LogP contribution in [0.25, 0.3) is 0 Å². The second-order valence-corrected chi connectivity index (χ2v) is 3.70. The molecule has 0 aromatic heterocycles.